The maximum Gasteiger partial charge on any atom is 0.0465 e. The minimum absolute atomic E-state index is 0.566. The molecule has 15 heavy (non-hydrogen) atoms. The Hall–Kier alpha value is -0.280. The Morgan fingerprint density at radius 2 is 2.27 bits per heavy atom. The van der Waals surface area contributed by atoms with E-state index >= 15 is 0 Å². The van der Waals surface area contributed by atoms with Crippen molar-refractivity contribution in [3.63, 3.8) is 0 Å². The van der Waals surface area contributed by atoms with E-state index in [-0.39, 0.29) is 0 Å². The maximum atomic E-state index is 6.07. The third-order valence-electron chi connectivity index (χ3n) is 2.66. The van der Waals surface area contributed by atoms with E-state index in [2.05, 4.69) is 10.6 Å². The lowest BCUT2D eigenvalue weighted by Crippen LogP contribution is -2.30. The quantitative estimate of drug-likeness (QED) is 0.854. The number of rotatable bonds is 3. The number of halogens is 2. The highest BCUT2D eigenvalue weighted by Crippen LogP contribution is 2.20. The van der Waals surface area contributed by atoms with E-state index in [9.17, 15) is 0 Å². The van der Waals surface area contributed by atoms with E-state index in [1.165, 1.54) is 6.42 Å². The van der Waals surface area contributed by atoms with Gasteiger partial charge in [0, 0.05) is 29.2 Å². The Labute approximate surface area is 100.0 Å². The van der Waals surface area contributed by atoms with Crippen LogP contribution in [0, 0.1) is 0 Å². The van der Waals surface area contributed by atoms with Crippen molar-refractivity contribution < 1.29 is 0 Å². The molecule has 0 bridgehead atoms. The van der Waals surface area contributed by atoms with E-state index in [1.54, 1.807) is 6.07 Å². The molecule has 2 nitrogen and oxygen atoms in total. The average Bonchev–Trinajstić information content (AvgIpc) is 2.69. The SMILES string of the molecule is Clc1ccc(CN[C@@H]2CCNC2)c(Cl)c1. The summed E-state index contributed by atoms with van der Waals surface area (Å²) in [5, 5.41) is 8.21. The van der Waals surface area contributed by atoms with Crippen molar-refractivity contribution in [2.75, 3.05) is 13.1 Å². The van der Waals surface area contributed by atoms with Crippen LogP contribution in [0.1, 0.15) is 12.0 Å². The van der Waals surface area contributed by atoms with Gasteiger partial charge >= 0.3 is 0 Å². The van der Waals surface area contributed by atoms with Crippen LogP contribution < -0.4 is 10.6 Å². The summed E-state index contributed by atoms with van der Waals surface area (Å²) in [6.45, 7) is 2.96. The number of hydrogen-bond acceptors (Lipinski definition) is 2. The Kier molecular flexibility index (Phi) is 3.87. The van der Waals surface area contributed by atoms with Gasteiger partial charge in [0.15, 0.2) is 0 Å². The first-order valence-corrected chi connectivity index (χ1v) is 5.89. The lowest BCUT2D eigenvalue weighted by molar-refractivity contribution is 0.547. The second-order valence-electron chi connectivity index (χ2n) is 3.81. The Bertz CT molecular complexity index is 335. The predicted molar refractivity (Wildman–Crippen MR) is 64.6 cm³/mol. The second-order valence-corrected chi connectivity index (χ2v) is 4.65. The first-order valence-electron chi connectivity index (χ1n) is 5.14. The van der Waals surface area contributed by atoms with Crippen LogP contribution in [0.15, 0.2) is 18.2 Å². The molecule has 0 aromatic heterocycles. The van der Waals surface area contributed by atoms with Gasteiger partial charge in [-0.05, 0) is 30.7 Å². The van der Waals surface area contributed by atoms with Gasteiger partial charge in [0.25, 0.3) is 0 Å². The smallest absolute Gasteiger partial charge is 0.0465 e. The lowest BCUT2D eigenvalue weighted by atomic mass is 10.2. The fourth-order valence-corrected chi connectivity index (χ4v) is 2.22. The van der Waals surface area contributed by atoms with Gasteiger partial charge in [0.2, 0.25) is 0 Å². The average molecular weight is 245 g/mol. The van der Waals surface area contributed by atoms with E-state index in [0.29, 0.717) is 11.1 Å². The molecule has 0 saturated carbocycles. The van der Waals surface area contributed by atoms with Crippen LogP contribution in [-0.4, -0.2) is 19.1 Å². The highest BCUT2D eigenvalue weighted by atomic mass is 35.5. The molecule has 0 aliphatic carbocycles. The second kappa shape index (κ2) is 5.17. The van der Waals surface area contributed by atoms with Crippen LogP contribution in [0.3, 0.4) is 0 Å². The fourth-order valence-electron chi connectivity index (χ4n) is 1.75. The maximum absolute atomic E-state index is 6.07. The molecule has 0 amide bonds. The van der Waals surface area contributed by atoms with Gasteiger partial charge < -0.3 is 10.6 Å². The summed E-state index contributed by atoms with van der Waals surface area (Å²) < 4.78 is 0. The molecule has 1 aromatic rings. The van der Waals surface area contributed by atoms with Crippen LogP contribution in [0.4, 0.5) is 0 Å². The summed E-state index contributed by atoms with van der Waals surface area (Å²) >= 11 is 11.9. The van der Waals surface area contributed by atoms with Crippen molar-refractivity contribution in [2.24, 2.45) is 0 Å². The molecule has 4 heteroatoms. The molecule has 1 aromatic carbocycles. The fraction of sp³-hybridized carbons (Fsp3) is 0.455. The molecule has 1 atom stereocenters. The van der Waals surface area contributed by atoms with E-state index in [0.717, 1.165) is 30.2 Å². The summed E-state index contributed by atoms with van der Waals surface area (Å²) in [6, 6.07) is 6.20. The third-order valence-corrected chi connectivity index (χ3v) is 3.24. The molecule has 0 radical (unpaired) electrons. The van der Waals surface area contributed by atoms with Gasteiger partial charge in [-0.25, -0.2) is 0 Å². The highest BCUT2D eigenvalue weighted by Gasteiger charge is 2.13. The first-order chi connectivity index (χ1) is 7.25. The summed E-state index contributed by atoms with van der Waals surface area (Å²) in [4.78, 5) is 0. The van der Waals surface area contributed by atoms with E-state index in [1.807, 2.05) is 12.1 Å². The molecule has 0 unspecified atom stereocenters. The van der Waals surface area contributed by atoms with Crippen LogP contribution in [0.25, 0.3) is 0 Å². The summed E-state index contributed by atoms with van der Waals surface area (Å²) in [5.74, 6) is 0. The molecule has 1 aliphatic heterocycles. The lowest BCUT2D eigenvalue weighted by Gasteiger charge is -2.12. The minimum atomic E-state index is 0.566. The molecule has 2 rings (SSSR count). The Morgan fingerprint density at radius 1 is 1.40 bits per heavy atom. The predicted octanol–water partition coefficient (Wildman–Crippen LogP) is 2.44. The van der Waals surface area contributed by atoms with Gasteiger partial charge in [-0.15, -0.1) is 0 Å². The molecule has 0 spiro atoms. The molecule has 1 saturated heterocycles. The summed E-state index contributed by atoms with van der Waals surface area (Å²) in [6.07, 6.45) is 1.19. The van der Waals surface area contributed by atoms with Crippen molar-refractivity contribution in [3.8, 4) is 0 Å². The van der Waals surface area contributed by atoms with E-state index in [4.69, 9.17) is 23.2 Å². The molecule has 1 heterocycles. The molecular formula is C11H14Cl2N2. The monoisotopic (exact) mass is 244 g/mol. The van der Waals surface area contributed by atoms with Crippen molar-refractivity contribution in [3.05, 3.63) is 33.8 Å². The topological polar surface area (TPSA) is 24.1 Å². The van der Waals surface area contributed by atoms with Gasteiger partial charge in [-0.3, -0.25) is 0 Å². The number of benzene rings is 1. The van der Waals surface area contributed by atoms with Gasteiger partial charge in [0.05, 0.1) is 0 Å². The minimum Gasteiger partial charge on any atom is -0.315 e. The largest absolute Gasteiger partial charge is 0.315 e. The zero-order valence-electron chi connectivity index (χ0n) is 8.39. The van der Waals surface area contributed by atoms with Crippen molar-refractivity contribution in [1.29, 1.82) is 0 Å². The van der Waals surface area contributed by atoms with E-state index < -0.39 is 0 Å². The number of hydrogen-bond donors (Lipinski definition) is 2. The van der Waals surface area contributed by atoms with Crippen molar-refractivity contribution in [2.45, 2.75) is 19.0 Å². The first kappa shape index (κ1) is 11.2. The van der Waals surface area contributed by atoms with Crippen LogP contribution in [-0.2, 0) is 6.54 Å². The molecular weight excluding hydrogens is 231 g/mol. The summed E-state index contributed by atoms with van der Waals surface area (Å²) in [5.41, 5.74) is 1.10. The van der Waals surface area contributed by atoms with Gasteiger partial charge in [0.1, 0.15) is 0 Å². The van der Waals surface area contributed by atoms with Gasteiger partial charge in [-0.1, -0.05) is 29.3 Å². The number of nitrogens with one attached hydrogen (secondary N) is 2. The summed E-state index contributed by atoms with van der Waals surface area (Å²) in [7, 11) is 0. The zero-order valence-corrected chi connectivity index (χ0v) is 9.91. The normalized spacial score (nSPS) is 20.8. The van der Waals surface area contributed by atoms with Crippen LogP contribution >= 0.6 is 23.2 Å². The molecule has 1 fully saturated rings. The zero-order chi connectivity index (χ0) is 10.7. The highest BCUT2D eigenvalue weighted by molar-refractivity contribution is 6.35. The van der Waals surface area contributed by atoms with Crippen LogP contribution in [0.2, 0.25) is 10.0 Å². The van der Waals surface area contributed by atoms with Crippen molar-refractivity contribution >= 4 is 23.2 Å². The Morgan fingerprint density at radius 3 is 2.93 bits per heavy atom. The van der Waals surface area contributed by atoms with Crippen LogP contribution in [0.5, 0.6) is 0 Å². The molecule has 2 N–H and O–H groups in total. The Balaban J connectivity index is 1.92. The van der Waals surface area contributed by atoms with Gasteiger partial charge in [-0.2, -0.15) is 0 Å². The third kappa shape index (κ3) is 3.08. The van der Waals surface area contributed by atoms with Crippen molar-refractivity contribution in [1.82, 2.24) is 10.6 Å². The molecule has 82 valence electrons. The standard InChI is InChI=1S/C11H14Cl2N2/c12-9-2-1-8(11(13)5-9)6-15-10-3-4-14-7-10/h1-2,5,10,14-15H,3-4,6-7H2/t10-/m1/s1. The molecule has 1 aliphatic rings.